The number of fused-ring (bicyclic) bond motifs is 1. The Morgan fingerprint density at radius 2 is 1.77 bits per heavy atom. The van der Waals surface area contributed by atoms with E-state index in [9.17, 15) is 9.59 Å². The van der Waals surface area contributed by atoms with E-state index in [1.165, 1.54) is 5.56 Å². The van der Waals surface area contributed by atoms with Crippen LogP contribution in [0.1, 0.15) is 35.7 Å². The van der Waals surface area contributed by atoms with E-state index in [2.05, 4.69) is 29.1 Å². The fourth-order valence-electron chi connectivity index (χ4n) is 2.40. The summed E-state index contributed by atoms with van der Waals surface area (Å²) in [7, 11) is 0. The molecule has 3 N–H and O–H groups in total. The first-order chi connectivity index (χ1) is 10.5. The van der Waals surface area contributed by atoms with Gasteiger partial charge in [0.2, 0.25) is 0 Å². The third kappa shape index (κ3) is 2.65. The van der Waals surface area contributed by atoms with Crippen LogP contribution in [0.3, 0.4) is 0 Å². The molecule has 0 fully saturated rings. The van der Waals surface area contributed by atoms with Crippen LogP contribution in [0.15, 0.2) is 47.3 Å². The maximum absolute atomic E-state index is 12.4. The summed E-state index contributed by atoms with van der Waals surface area (Å²) >= 11 is 0. The van der Waals surface area contributed by atoms with Gasteiger partial charge in [0.25, 0.3) is 5.91 Å². The molecule has 112 valence electrons. The molecule has 0 unspecified atom stereocenters. The number of imidazole rings is 1. The van der Waals surface area contributed by atoms with E-state index in [1.807, 2.05) is 24.3 Å². The van der Waals surface area contributed by atoms with Gasteiger partial charge in [0.1, 0.15) is 0 Å². The maximum Gasteiger partial charge on any atom is 0.323 e. The van der Waals surface area contributed by atoms with E-state index in [4.69, 9.17) is 0 Å². The fourth-order valence-corrected chi connectivity index (χ4v) is 2.40. The molecule has 0 aliphatic heterocycles. The van der Waals surface area contributed by atoms with Gasteiger partial charge in [-0.1, -0.05) is 32.0 Å². The lowest BCUT2D eigenvalue weighted by Crippen LogP contribution is -2.12. The molecular weight excluding hydrogens is 278 g/mol. The highest BCUT2D eigenvalue weighted by molar-refractivity contribution is 6.11. The lowest BCUT2D eigenvalue weighted by molar-refractivity contribution is 0.102. The van der Waals surface area contributed by atoms with Crippen molar-refractivity contribution in [3.8, 4) is 0 Å². The van der Waals surface area contributed by atoms with Crippen molar-refractivity contribution in [2.24, 2.45) is 0 Å². The molecule has 0 spiro atoms. The number of hydrogen-bond acceptors (Lipinski definition) is 2. The number of benzene rings is 2. The second kappa shape index (κ2) is 5.52. The van der Waals surface area contributed by atoms with Gasteiger partial charge in [-0.25, -0.2) is 4.79 Å². The molecule has 5 nitrogen and oxygen atoms in total. The van der Waals surface area contributed by atoms with Crippen LogP contribution in [-0.2, 0) is 0 Å². The Balaban J connectivity index is 1.88. The molecule has 1 heterocycles. The molecule has 0 aliphatic carbocycles. The van der Waals surface area contributed by atoms with E-state index in [1.54, 1.807) is 18.2 Å². The molecule has 0 bridgehead atoms. The second-order valence-electron chi connectivity index (χ2n) is 5.54. The zero-order chi connectivity index (χ0) is 15.7. The van der Waals surface area contributed by atoms with Gasteiger partial charge in [-0.2, -0.15) is 0 Å². The van der Waals surface area contributed by atoms with Crippen molar-refractivity contribution in [1.29, 1.82) is 0 Å². The molecule has 3 aromatic rings. The van der Waals surface area contributed by atoms with E-state index in [0.717, 1.165) is 5.69 Å². The quantitative estimate of drug-likeness (QED) is 0.693. The Morgan fingerprint density at radius 1 is 1.05 bits per heavy atom. The average Bonchev–Trinajstić information content (AvgIpc) is 2.87. The average molecular weight is 295 g/mol. The van der Waals surface area contributed by atoms with Crippen LogP contribution in [0, 0.1) is 0 Å². The van der Waals surface area contributed by atoms with Crippen LogP contribution in [0.2, 0.25) is 0 Å². The van der Waals surface area contributed by atoms with Gasteiger partial charge in [-0.3, -0.25) is 4.79 Å². The molecule has 1 aromatic heterocycles. The van der Waals surface area contributed by atoms with Crippen LogP contribution in [-0.4, -0.2) is 15.9 Å². The van der Waals surface area contributed by atoms with Gasteiger partial charge in [0.05, 0.1) is 16.6 Å². The second-order valence-corrected chi connectivity index (χ2v) is 5.54. The van der Waals surface area contributed by atoms with Crippen LogP contribution in [0.4, 0.5) is 5.69 Å². The van der Waals surface area contributed by atoms with E-state index < -0.39 is 0 Å². The maximum atomic E-state index is 12.4. The number of amides is 1. The molecule has 0 saturated heterocycles. The van der Waals surface area contributed by atoms with Crippen molar-refractivity contribution in [2.45, 2.75) is 19.8 Å². The first kappa shape index (κ1) is 14.1. The number of H-pyrrole nitrogens is 2. The molecule has 5 heteroatoms. The topological polar surface area (TPSA) is 77.8 Å². The monoisotopic (exact) mass is 295 g/mol. The van der Waals surface area contributed by atoms with Gasteiger partial charge in [-0.05, 0) is 35.7 Å². The van der Waals surface area contributed by atoms with Gasteiger partial charge in [-0.15, -0.1) is 0 Å². The summed E-state index contributed by atoms with van der Waals surface area (Å²) < 4.78 is 0. The van der Waals surface area contributed by atoms with Crippen molar-refractivity contribution in [2.75, 3.05) is 5.32 Å². The lowest BCUT2D eigenvalue weighted by atomic mass is 10.0. The predicted molar refractivity (Wildman–Crippen MR) is 87.4 cm³/mol. The standard InChI is InChI=1S/C17H17N3O2/c1-10(2)11-6-8-12(9-7-11)18-16(21)13-4-3-5-14-15(13)20-17(22)19-14/h3-10H,1-2H3,(H,18,21)(H2,19,20,22). The van der Waals surface area contributed by atoms with Gasteiger partial charge in [0, 0.05) is 5.69 Å². The Hall–Kier alpha value is -2.82. The number of anilines is 1. The summed E-state index contributed by atoms with van der Waals surface area (Å²) in [6.45, 7) is 4.24. The van der Waals surface area contributed by atoms with Gasteiger partial charge in [0.15, 0.2) is 0 Å². The molecule has 2 aromatic carbocycles. The molecule has 22 heavy (non-hydrogen) atoms. The number of rotatable bonds is 3. The van der Waals surface area contributed by atoms with Crippen molar-refractivity contribution >= 4 is 22.6 Å². The summed E-state index contributed by atoms with van der Waals surface area (Å²) in [6, 6.07) is 12.9. The van der Waals surface area contributed by atoms with Gasteiger partial charge >= 0.3 is 5.69 Å². The minimum Gasteiger partial charge on any atom is -0.322 e. The molecule has 1 amide bonds. The number of aromatic amines is 2. The molecular formula is C17H17N3O2. The van der Waals surface area contributed by atoms with Crippen LogP contribution in [0.25, 0.3) is 11.0 Å². The Morgan fingerprint density at radius 3 is 2.45 bits per heavy atom. The van der Waals surface area contributed by atoms with Crippen LogP contribution < -0.4 is 11.0 Å². The Labute approximate surface area is 127 Å². The zero-order valence-electron chi connectivity index (χ0n) is 12.4. The van der Waals surface area contributed by atoms with Crippen molar-refractivity contribution in [1.82, 2.24) is 9.97 Å². The van der Waals surface area contributed by atoms with Crippen LogP contribution >= 0.6 is 0 Å². The highest BCUT2D eigenvalue weighted by atomic mass is 16.2. The molecule has 3 rings (SSSR count). The van der Waals surface area contributed by atoms with Crippen molar-refractivity contribution < 1.29 is 4.79 Å². The lowest BCUT2D eigenvalue weighted by Gasteiger charge is -2.09. The first-order valence-electron chi connectivity index (χ1n) is 7.17. The number of carbonyl (C=O) groups excluding carboxylic acids is 1. The molecule has 0 aliphatic rings. The van der Waals surface area contributed by atoms with E-state index >= 15 is 0 Å². The fraction of sp³-hybridized carbons (Fsp3) is 0.176. The number of hydrogen-bond donors (Lipinski definition) is 3. The number of aromatic nitrogens is 2. The first-order valence-corrected chi connectivity index (χ1v) is 7.17. The van der Waals surface area contributed by atoms with Crippen LogP contribution in [0.5, 0.6) is 0 Å². The summed E-state index contributed by atoms with van der Waals surface area (Å²) in [5.74, 6) is 0.196. The van der Waals surface area contributed by atoms with Gasteiger partial charge < -0.3 is 15.3 Å². The predicted octanol–water partition coefficient (Wildman–Crippen LogP) is 3.23. The molecule has 0 saturated carbocycles. The summed E-state index contributed by atoms with van der Waals surface area (Å²) in [6.07, 6.45) is 0. The zero-order valence-corrected chi connectivity index (χ0v) is 12.4. The Kier molecular flexibility index (Phi) is 3.55. The summed E-state index contributed by atoms with van der Waals surface area (Å²) in [5.41, 5.74) is 3.19. The SMILES string of the molecule is CC(C)c1ccc(NC(=O)c2cccc3[nH]c(=O)[nH]c23)cc1. The summed E-state index contributed by atoms with van der Waals surface area (Å²) in [4.78, 5) is 29.1. The third-order valence-electron chi connectivity index (χ3n) is 3.63. The Bertz CT molecular complexity index is 873. The highest BCUT2D eigenvalue weighted by Gasteiger charge is 2.12. The smallest absolute Gasteiger partial charge is 0.322 e. The minimum absolute atomic E-state index is 0.252. The van der Waals surface area contributed by atoms with E-state index in [-0.39, 0.29) is 11.6 Å². The molecule has 0 radical (unpaired) electrons. The normalized spacial score (nSPS) is 11.0. The number of para-hydroxylation sites is 1. The third-order valence-corrected chi connectivity index (χ3v) is 3.63. The van der Waals surface area contributed by atoms with E-state index in [0.29, 0.717) is 22.5 Å². The molecule has 0 atom stereocenters. The number of carbonyl (C=O) groups is 1. The van der Waals surface area contributed by atoms with Crippen molar-refractivity contribution in [3.63, 3.8) is 0 Å². The summed E-state index contributed by atoms with van der Waals surface area (Å²) in [5, 5.41) is 2.85. The minimum atomic E-state index is -0.323. The largest absolute Gasteiger partial charge is 0.323 e. The highest BCUT2D eigenvalue weighted by Crippen LogP contribution is 2.19. The number of nitrogens with one attached hydrogen (secondary N) is 3. The van der Waals surface area contributed by atoms with Crippen molar-refractivity contribution in [3.05, 3.63) is 64.1 Å².